The molecule has 8 heteroatoms. The molecule has 1 aliphatic rings. The number of piperidine rings is 1. The van der Waals surface area contributed by atoms with E-state index in [9.17, 15) is 22.8 Å². The summed E-state index contributed by atoms with van der Waals surface area (Å²) in [4.78, 5) is 26.0. The van der Waals surface area contributed by atoms with Gasteiger partial charge < -0.3 is 14.4 Å². The highest BCUT2D eigenvalue weighted by molar-refractivity contribution is 5.95. The molecule has 0 atom stereocenters. The smallest absolute Gasteiger partial charge is 0.309 e. The summed E-state index contributed by atoms with van der Waals surface area (Å²) in [6.45, 7) is 2.93. The molecule has 0 saturated carbocycles. The average molecular weight is 415 g/mol. The molecule has 0 spiro atoms. The van der Waals surface area contributed by atoms with E-state index in [1.165, 1.54) is 11.3 Å². The van der Waals surface area contributed by atoms with Crippen LogP contribution in [0.15, 0.2) is 6.07 Å². The predicted octanol–water partition coefficient (Wildman–Crippen LogP) is 4.48. The third-order valence-electron chi connectivity index (χ3n) is 5.16. The summed E-state index contributed by atoms with van der Waals surface area (Å²) in [6, 6.07) is 0.536. The lowest BCUT2D eigenvalue weighted by atomic mass is 9.96. The highest BCUT2D eigenvalue weighted by atomic mass is 19.2. The molecule has 5 nitrogen and oxygen atoms in total. The summed E-state index contributed by atoms with van der Waals surface area (Å²) in [7, 11) is 0.996. The molecule has 1 aromatic rings. The van der Waals surface area contributed by atoms with Crippen LogP contribution in [0, 0.1) is 23.4 Å². The van der Waals surface area contributed by atoms with Crippen molar-refractivity contribution in [2.24, 2.45) is 5.92 Å². The van der Waals surface area contributed by atoms with E-state index < -0.39 is 34.7 Å². The van der Waals surface area contributed by atoms with E-state index >= 15 is 0 Å². The van der Waals surface area contributed by atoms with Crippen molar-refractivity contribution in [3.05, 3.63) is 29.1 Å². The topological polar surface area (TPSA) is 55.8 Å². The maximum Gasteiger partial charge on any atom is 0.309 e. The van der Waals surface area contributed by atoms with Crippen LogP contribution in [0.4, 0.5) is 13.2 Å². The lowest BCUT2D eigenvalue weighted by molar-refractivity contribution is -0.150. The SMILES string of the molecule is CCCCCCCOC(=O)C1CCN(C(=O)c2cc(F)c(F)c(OC)c2F)CC1. The molecule has 0 bridgehead atoms. The molecular weight excluding hydrogens is 387 g/mol. The Morgan fingerprint density at radius 3 is 2.34 bits per heavy atom. The number of hydrogen-bond acceptors (Lipinski definition) is 4. The average Bonchev–Trinajstić information content (AvgIpc) is 2.73. The number of rotatable bonds is 9. The van der Waals surface area contributed by atoms with Crippen molar-refractivity contribution in [1.82, 2.24) is 4.90 Å². The van der Waals surface area contributed by atoms with Gasteiger partial charge in [0.25, 0.3) is 5.91 Å². The van der Waals surface area contributed by atoms with Crippen LogP contribution in [0.25, 0.3) is 0 Å². The highest BCUT2D eigenvalue weighted by Gasteiger charge is 2.31. The van der Waals surface area contributed by atoms with Crippen molar-refractivity contribution in [3.8, 4) is 5.75 Å². The molecule has 0 aliphatic carbocycles. The Balaban J connectivity index is 1.87. The summed E-state index contributed by atoms with van der Waals surface area (Å²) < 4.78 is 51.4. The van der Waals surface area contributed by atoms with Gasteiger partial charge in [-0.2, -0.15) is 4.39 Å². The first-order valence-electron chi connectivity index (χ1n) is 10.1. The monoisotopic (exact) mass is 415 g/mol. The van der Waals surface area contributed by atoms with Crippen LogP contribution in [0.3, 0.4) is 0 Å². The number of benzene rings is 1. The lowest BCUT2D eigenvalue weighted by Gasteiger charge is -2.31. The Morgan fingerprint density at radius 1 is 1.07 bits per heavy atom. The molecule has 1 amide bonds. The van der Waals surface area contributed by atoms with E-state index in [1.54, 1.807) is 0 Å². The molecule has 0 aromatic heterocycles. The van der Waals surface area contributed by atoms with Crippen molar-refractivity contribution in [1.29, 1.82) is 0 Å². The van der Waals surface area contributed by atoms with Gasteiger partial charge >= 0.3 is 5.97 Å². The molecule has 1 heterocycles. The van der Waals surface area contributed by atoms with Crippen LogP contribution in [0.1, 0.15) is 62.2 Å². The van der Waals surface area contributed by atoms with Gasteiger partial charge in [-0.25, -0.2) is 8.78 Å². The third kappa shape index (κ3) is 5.87. The Morgan fingerprint density at radius 2 is 1.72 bits per heavy atom. The van der Waals surface area contributed by atoms with Gasteiger partial charge in [0.05, 0.1) is 25.2 Å². The number of methoxy groups -OCH3 is 1. The first kappa shape index (κ1) is 23.0. The zero-order valence-electron chi connectivity index (χ0n) is 16.9. The van der Waals surface area contributed by atoms with Crippen molar-refractivity contribution < 1.29 is 32.2 Å². The molecule has 162 valence electrons. The number of ether oxygens (including phenoxy) is 2. The molecule has 0 radical (unpaired) electrons. The molecular formula is C21H28F3NO4. The van der Waals surface area contributed by atoms with Crippen LogP contribution in [0.5, 0.6) is 5.75 Å². The number of halogens is 3. The summed E-state index contributed by atoms with van der Waals surface area (Å²) >= 11 is 0. The van der Waals surface area contributed by atoms with E-state index in [0.29, 0.717) is 25.5 Å². The number of nitrogens with zero attached hydrogens (tertiary/aromatic N) is 1. The fourth-order valence-corrected chi connectivity index (χ4v) is 3.40. The van der Waals surface area contributed by atoms with Crippen LogP contribution >= 0.6 is 0 Å². The fourth-order valence-electron chi connectivity index (χ4n) is 3.40. The molecule has 0 unspecified atom stereocenters. The van der Waals surface area contributed by atoms with Crippen LogP contribution in [0.2, 0.25) is 0 Å². The molecule has 1 saturated heterocycles. The van der Waals surface area contributed by atoms with Gasteiger partial charge in [0.2, 0.25) is 5.82 Å². The largest absolute Gasteiger partial charge is 0.491 e. The zero-order chi connectivity index (χ0) is 21.4. The van der Waals surface area contributed by atoms with Crippen molar-refractivity contribution in [3.63, 3.8) is 0 Å². The normalized spacial score (nSPS) is 14.7. The molecule has 0 N–H and O–H groups in total. The standard InChI is InChI=1S/C21H28F3NO4/c1-3-4-5-6-7-12-29-21(27)14-8-10-25(11-9-14)20(26)15-13-16(22)18(24)19(28-2)17(15)23/h13-14H,3-12H2,1-2H3. The van der Waals surface area contributed by atoms with Gasteiger partial charge in [-0.3, -0.25) is 9.59 Å². The second kappa shape index (κ2) is 11.1. The van der Waals surface area contributed by atoms with Crippen LogP contribution < -0.4 is 4.74 Å². The number of likely N-dealkylation sites (tertiary alicyclic amines) is 1. The summed E-state index contributed by atoms with van der Waals surface area (Å²) in [5, 5.41) is 0. The Kier molecular flexibility index (Phi) is 8.79. The second-order valence-electron chi connectivity index (χ2n) is 7.22. The minimum Gasteiger partial charge on any atom is -0.491 e. The Hall–Kier alpha value is -2.25. The maximum atomic E-state index is 14.3. The Bertz CT molecular complexity index is 718. The number of hydrogen-bond donors (Lipinski definition) is 0. The predicted molar refractivity (Wildman–Crippen MR) is 101 cm³/mol. The summed E-state index contributed by atoms with van der Waals surface area (Å²) in [5.41, 5.74) is -0.589. The molecule has 29 heavy (non-hydrogen) atoms. The molecule has 2 rings (SSSR count). The zero-order valence-corrected chi connectivity index (χ0v) is 16.9. The van der Waals surface area contributed by atoms with Crippen molar-refractivity contribution in [2.45, 2.75) is 51.9 Å². The molecule has 1 fully saturated rings. The number of carbonyl (C=O) groups is 2. The minimum atomic E-state index is -1.47. The number of unbranched alkanes of at least 4 members (excludes halogenated alkanes) is 4. The number of carbonyl (C=O) groups excluding carboxylic acids is 2. The first-order chi connectivity index (χ1) is 13.9. The minimum absolute atomic E-state index is 0.204. The molecule has 1 aromatic carbocycles. The second-order valence-corrected chi connectivity index (χ2v) is 7.22. The van der Waals surface area contributed by atoms with Gasteiger partial charge in [0.1, 0.15) is 0 Å². The van der Waals surface area contributed by atoms with Gasteiger partial charge in [-0.05, 0) is 25.3 Å². The quantitative estimate of drug-likeness (QED) is 0.339. The van der Waals surface area contributed by atoms with Crippen LogP contribution in [-0.2, 0) is 9.53 Å². The fraction of sp³-hybridized carbons (Fsp3) is 0.619. The van der Waals surface area contributed by atoms with Gasteiger partial charge in [-0.1, -0.05) is 32.6 Å². The van der Waals surface area contributed by atoms with Crippen molar-refractivity contribution >= 4 is 11.9 Å². The van der Waals surface area contributed by atoms with Gasteiger partial charge in [-0.15, -0.1) is 0 Å². The first-order valence-corrected chi connectivity index (χ1v) is 10.1. The molecule has 1 aliphatic heterocycles. The van der Waals surface area contributed by atoms with E-state index in [0.717, 1.165) is 32.8 Å². The van der Waals surface area contributed by atoms with E-state index in [1.807, 2.05) is 0 Å². The summed E-state index contributed by atoms with van der Waals surface area (Å²) in [5.74, 6) is -6.36. The van der Waals surface area contributed by atoms with Gasteiger partial charge in [0.15, 0.2) is 17.4 Å². The third-order valence-corrected chi connectivity index (χ3v) is 5.16. The van der Waals surface area contributed by atoms with Crippen molar-refractivity contribution in [2.75, 3.05) is 26.8 Å². The van der Waals surface area contributed by atoms with E-state index in [4.69, 9.17) is 4.74 Å². The van der Waals surface area contributed by atoms with Crippen LogP contribution in [-0.4, -0.2) is 43.6 Å². The number of amides is 1. The van der Waals surface area contributed by atoms with E-state index in [-0.39, 0.29) is 25.0 Å². The van der Waals surface area contributed by atoms with Gasteiger partial charge in [0, 0.05) is 13.1 Å². The lowest BCUT2D eigenvalue weighted by Crippen LogP contribution is -2.41. The highest BCUT2D eigenvalue weighted by Crippen LogP contribution is 2.29. The number of esters is 1. The Labute approximate surface area is 169 Å². The van der Waals surface area contributed by atoms with E-state index in [2.05, 4.69) is 11.7 Å². The maximum absolute atomic E-state index is 14.3. The summed E-state index contributed by atoms with van der Waals surface area (Å²) in [6.07, 6.45) is 6.06.